The number of methoxy groups -OCH3 is 1. The second-order valence-corrected chi connectivity index (χ2v) is 8.62. The third-order valence-electron chi connectivity index (χ3n) is 6.58. The number of piperidine rings is 2. The van der Waals surface area contributed by atoms with E-state index in [1.807, 2.05) is 29.2 Å². The van der Waals surface area contributed by atoms with Crippen LogP contribution in [0.2, 0.25) is 0 Å². The van der Waals surface area contributed by atoms with Crippen molar-refractivity contribution in [2.45, 2.75) is 44.2 Å². The first kappa shape index (κ1) is 21.2. The van der Waals surface area contributed by atoms with Crippen LogP contribution in [-0.2, 0) is 4.74 Å². The van der Waals surface area contributed by atoms with Crippen molar-refractivity contribution in [2.24, 2.45) is 5.92 Å². The molecule has 30 heavy (non-hydrogen) atoms. The molecule has 7 heteroatoms. The molecule has 2 amide bonds. The summed E-state index contributed by atoms with van der Waals surface area (Å²) in [5.41, 5.74) is 0. The van der Waals surface area contributed by atoms with E-state index in [1.165, 1.54) is 45.2 Å². The van der Waals surface area contributed by atoms with Crippen LogP contribution in [0.3, 0.4) is 0 Å². The van der Waals surface area contributed by atoms with Gasteiger partial charge in [0.15, 0.2) is 17.6 Å². The van der Waals surface area contributed by atoms with Crippen molar-refractivity contribution < 1.29 is 19.0 Å². The van der Waals surface area contributed by atoms with E-state index in [-0.39, 0.29) is 12.1 Å². The predicted octanol–water partition coefficient (Wildman–Crippen LogP) is 2.75. The van der Waals surface area contributed by atoms with E-state index < -0.39 is 0 Å². The average Bonchev–Trinajstić information content (AvgIpc) is 2.80. The number of rotatable bonds is 7. The molecule has 3 aliphatic heterocycles. The Kier molecular flexibility index (Phi) is 7.33. The molecule has 7 nitrogen and oxygen atoms in total. The average molecular weight is 418 g/mol. The van der Waals surface area contributed by atoms with Crippen LogP contribution in [0.5, 0.6) is 11.5 Å². The fraction of sp³-hybridized carbons (Fsp3) is 0.696. The smallest absolute Gasteiger partial charge is 0.317 e. The number of hydrogen-bond donors (Lipinski definition) is 1. The van der Waals surface area contributed by atoms with Crippen LogP contribution in [0.4, 0.5) is 4.79 Å². The summed E-state index contributed by atoms with van der Waals surface area (Å²) in [7, 11) is 1.68. The Morgan fingerprint density at radius 1 is 1.20 bits per heavy atom. The van der Waals surface area contributed by atoms with Crippen LogP contribution < -0.4 is 14.8 Å². The molecule has 0 unspecified atom stereocenters. The lowest BCUT2D eigenvalue weighted by molar-refractivity contribution is 0.0413. The summed E-state index contributed by atoms with van der Waals surface area (Å²) < 4.78 is 17.0. The molecule has 3 aliphatic rings. The van der Waals surface area contributed by atoms with Crippen molar-refractivity contribution in [3.8, 4) is 11.5 Å². The second kappa shape index (κ2) is 10.4. The van der Waals surface area contributed by atoms with Crippen molar-refractivity contribution in [1.82, 2.24) is 15.1 Å². The number of carbonyl (C=O) groups excluding carboxylic acids is 1. The molecular formula is C23H35N3O4. The second-order valence-electron chi connectivity index (χ2n) is 8.62. The van der Waals surface area contributed by atoms with Crippen LogP contribution in [0.25, 0.3) is 0 Å². The lowest BCUT2D eigenvalue weighted by Gasteiger charge is -2.45. The summed E-state index contributed by atoms with van der Waals surface area (Å²) in [6.45, 7) is 5.24. The summed E-state index contributed by atoms with van der Waals surface area (Å²) in [6, 6.07) is 8.23. The van der Waals surface area contributed by atoms with E-state index in [0.29, 0.717) is 38.3 Å². The standard InChI is InChI=1S/C23H35N3O4/c1-28-14-13-26(16-18-7-6-12-25-11-5-4-8-20(18)25)23(27)24-15-19-17-29-21-9-2-3-10-22(21)30-19/h2-3,9-10,18-20H,4-8,11-17H2,1H3,(H,24,27)/t18-,19-,20+/m0/s1. The highest BCUT2D eigenvalue weighted by atomic mass is 16.6. The molecule has 1 aromatic carbocycles. The number of carbonyl (C=O) groups is 1. The molecule has 3 heterocycles. The van der Waals surface area contributed by atoms with Gasteiger partial charge in [-0.15, -0.1) is 0 Å². The first-order valence-corrected chi connectivity index (χ1v) is 11.4. The highest BCUT2D eigenvalue weighted by Crippen LogP contribution is 2.32. The predicted molar refractivity (Wildman–Crippen MR) is 115 cm³/mol. The normalized spacial score (nSPS) is 26.0. The van der Waals surface area contributed by atoms with Crippen LogP contribution in [0, 0.1) is 5.92 Å². The SMILES string of the molecule is COCCN(C[C@@H]1CCCN2CCCC[C@H]12)C(=O)NC[C@H]1COc2ccccc2O1. The Hall–Kier alpha value is -1.99. The van der Waals surface area contributed by atoms with Crippen LogP contribution in [-0.4, -0.2) is 81.0 Å². The number of para-hydroxylation sites is 2. The Balaban J connectivity index is 1.32. The molecule has 0 saturated carbocycles. The maximum Gasteiger partial charge on any atom is 0.317 e. The van der Waals surface area contributed by atoms with Gasteiger partial charge in [-0.05, 0) is 56.8 Å². The zero-order valence-corrected chi connectivity index (χ0v) is 18.1. The third kappa shape index (κ3) is 5.19. The summed E-state index contributed by atoms with van der Waals surface area (Å²) in [4.78, 5) is 17.6. The van der Waals surface area contributed by atoms with E-state index in [4.69, 9.17) is 14.2 Å². The highest BCUT2D eigenvalue weighted by Gasteiger charge is 2.34. The number of urea groups is 1. The van der Waals surface area contributed by atoms with E-state index in [1.54, 1.807) is 7.11 Å². The summed E-state index contributed by atoms with van der Waals surface area (Å²) in [5, 5.41) is 3.07. The maximum atomic E-state index is 13.0. The monoisotopic (exact) mass is 417 g/mol. The molecule has 0 bridgehead atoms. The molecule has 0 aromatic heterocycles. The Morgan fingerprint density at radius 2 is 2.03 bits per heavy atom. The molecule has 1 aromatic rings. The topological polar surface area (TPSA) is 63.3 Å². The lowest BCUT2D eigenvalue weighted by atomic mass is 9.83. The van der Waals surface area contributed by atoms with Gasteiger partial charge >= 0.3 is 6.03 Å². The highest BCUT2D eigenvalue weighted by molar-refractivity contribution is 5.74. The molecular weight excluding hydrogens is 382 g/mol. The third-order valence-corrected chi connectivity index (χ3v) is 6.58. The molecule has 1 N–H and O–H groups in total. The van der Waals surface area contributed by atoms with Gasteiger partial charge in [0.2, 0.25) is 0 Å². The van der Waals surface area contributed by atoms with Crippen molar-refractivity contribution in [3.63, 3.8) is 0 Å². The van der Waals surface area contributed by atoms with Crippen molar-refractivity contribution in [3.05, 3.63) is 24.3 Å². The minimum Gasteiger partial charge on any atom is -0.486 e. The number of ether oxygens (including phenoxy) is 3. The van der Waals surface area contributed by atoms with Crippen molar-refractivity contribution in [1.29, 1.82) is 0 Å². The van der Waals surface area contributed by atoms with E-state index in [9.17, 15) is 4.79 Å². The van der Waals surface area contributed by atoms with Gasteiger partial charge in [-0.3, -0.25) is 0 Å². The number of benzene rings is 1. The Labute approximate surface area is 179 Å². The molecule has 2 fully saturated rings. The zero-order valence-electron chi connectivity index (χ0n) is 18.1. The summed E-state index contributed by atoms with van der Waals surface area (Å²) >= 11 is 0. The first-order chi connectivity index (χ1) is 14.7. The molecule has 0 radical (unpaired) electrons. The van der Waals surface area contributed by atoms with E-state index >= 15 is 0 Å². The van der Waals surface area contributed by atoms with Gasteiger partial charge in [-0.1, -0.05) is 18.6 Å². The molecule has 2 saturated heterocycles. The van der Waals surface area contributed by atoms with Crippen molar-refractivity contribution >= 4 is 6.03 Å². The number of nitrogens with zero attached hydrogens (tertiary/aromatic N) is 2. The largest absolute Gasteiger partial charge is 0.486 e. The lowest BCUT2D eigenvalue weighted by Crippen LogP contribution is -2.54. The summed E-state index contributed by atoms with van der Waals surface area (Å²) in [6.07, 6.45) is 6.13. The van der Waals surface area contributed by atoms with Crippen LogP contribution in [0.1, 0.15) is 32.1 Å². The summed E-state index contributed by atoms with van der Waals surface area (Å²) in [5.74, 6) is 2.04. The Bertz CT molecular complexity index is 699. The van der Waals surface area contributed by atoms with Gasteiger partial charge in [0.25, 0.3) is 0 Å². The van der Waals surface area contributed by atoms with Gasteiger partial charge in [0.1, 0.15) is 6.61 Å². The van der Waals surface area contributed by atoms with Gasteiger partial charge in [0, 0.05) is 26.2 Å². The van der Waals surface area contributed by atoms with E-state index in [2.05, 4.69) is 10.2 Å². The molecule has 3 atom stereocenters. The van der Waals surface area contributed by atoms with Gasteiger partial charge in [0.05, 0.1) is 13.2 Å². The molecule has 166 valence electrons. The Morgan fingerprint density at radius 3 is 2.90 bits per heavy atom. The van der Waals surface area contributed by atoms with Gasteiger partial charge in [-0.25, -0.2) is 4.79 Å². The number of amides is 2. The minimum absolute atomic E-state index is 0.0394. The molecule has 4 rings (SSSR count). The number of nitrogens with one attached hydrogen (secondary N) is 1. The number of fused-ring (bicyclic) bond motifs is 2. The zero-order chi connectivity index (χ0) is 20.8. The van der Waals surface area contributed by atoms with Crippen molar-refractivity contribution in [2.75, 3.05) is 53.0 Å². The fourth-order valence-electron chi connectivity index (χ4n) is 5.03. The van der Waals surface area contributed by atoms with Gasteiger partial charge in [-0.2, -0.15) is 0 Å². The van der Waals surface area contributed by atoms with E-state index in [0.717, 1.165) is 18.0 Å². The molecule has 0 aliphatic carbocycles. The molecule has 0 spiro atoms. The van der Waals surface area contributed by atoms with Crippen LogP contribution in [0.15, 0.2) is 24.3 Å². The quantitative estimate of drug-likeness (QED) is 0.739. The first-order valence-electron chi connectivity index (χ1n) is 11.4. The van der Waals surface area contributed by atoms with Gasteiger partial charge < -0.3 is 29.3 Å². The maximum absolute atomic E-state index is 13.0. The minimum atomic E-state index is -0.184. The number of hydrogen-bond acceptors (Lipinski definition) is 5. The van der Waals surface area contributed by atoms with Crippen LogP contribution >= 0.6 is 0 Å². The fourth-order valence-corrected chi connectivity index (χ4v) is 5.03.